The maximum Gasteiger partial charge on any atom is 0.142 e. The van der Waals surface area contributed by atoms with Gasteiger partial charge < -0.3 is 16.2 Å². The minimum atomic E-state index is 0.293. The number of ether oxygens (including phenoxy) is 1. The standard InChI is InChI=1S/C35H58N2O.C2H6/c1-6-23(3)9-8-10-24(7-2)29-14-15-30-28-13-11-25-21-27(38-33-16-12-26(36)22-32(33)37)17-19-34(25,4)31(28)18-20-35(29,30)5;1-2/h12,16,22-25,27-31H,6-11,13-15,17-21,36-37H2,1-5H3;1-2H3. The average Bonchev–Trinajstić information content (AvgIpc) is 3.30. The second-order valence-electron chi connectivity index (χ2n) is 14.8. The normalized spacial score (nSPS) is 38.2. The Hall–Kier alpha value is -1.38. The van der Waals surface area contributed by atoms with Gasteiger partial charge in [0.15, 0.2) is 0 Å². The summed E-state index contributed by atoms with van der Waals surface area (Å²) in [6, 6.07) is 5.70. The van der Waals surface area contributed by atoms with E-state index in [2.05, 4.69) is 34.6 Å². The first-order chi connectivity index (χ1) is 19.2. The number of nitrogen functional groups attached to an aromatic ring is 2. The molecule has 3 heteroatoms. The molecule has 4 saturated carbocycles. The lowest BCUT2D eigenvalue weighted by atomic mass is 9.44. The summed E-state index contributed by atoms with van der Waals surface area (Å²) in [7, 11) is 0. The summed E-state index contributed by atoms with van der Waals surface area (Å²) >= 11 is 0. The molecule has 0 saturated heterocycles. The SMILES string of the molecule is CC.CCC(C)CCCC(CC)C1CCC2C3CCC4CC(Oc5ccc(N)cc5N)CCC4(C)C3CCC12C. The van der Waals surface area contributed by atoms with Crippen LogP contribution in [-0.2, 0) is 0 Å². The highest BCUT2D eigenvalue weighted by atomic mass is 16.5. The van der Waals surface area contributed by atoms with Gasteiger partial charge in [0, 0.05) is 5.69 Å². The van der Waals surface area contributed by atoms with E-state index in [0.717, 1.165) is 47.2 Å². The van der Waals surface area contributed by atoms with Crippen molar-refractivity contribution in [2.45, 2.75) is 144 Å². The van der Waals surface area contributed by atoms with Crippen LogP contribution in [0.4, 0.5) is 11.4 Å². The van der Waals surface area contributed by atoms with Crippen molar-refractivity contribution in [2.24, 2.45) is 52.3 Å². The molecule has 40 heavy (non-hydrogen) atoms. The van der Waals surface area contributed by atoms with Gasteiger partial charge in [0.2, 0.25) is 0 Å². The van der Waals surface area contributed by atoms with Crippen molar-refractivity contribution in [3.8, 4) is 5.75 Å². The predicted octanol–water partition coefficient (Wildman–Crippen LogP) is 10.5. The van der Waals surface area contributed by atoms with E-state index in [1.807, 2.05) is 32.0 Å². The minimum absolute atomic E-state index is 0.293. The second kappa shape index (κ2) is 13.3. The summed E-state index contributed by atoms with van der Waals surface area (Å²) in [6.45, 7) is 16.7. The van der Waals surface area contributed by atoms with Gasteiger partial charge >= 0.3 is 0 Å². The van der Waals surface area contributed by atoms with Crippen molar-refractivity contribution in [3.63, 3.8) is 0 Å². The number of anilines is 2. The highest BCUT2D eigenvalue weighted by Crippen LogP contribution is 2.68. The number of hydrogen-bond donors (Lipinski definition) is 2. The van der Waals surface area contributed by atoms with Gasteiger partial charge in [-0.2, -0.15) is 0 Å². The van der Waals surface area contributed by atoms with Crippen LogP contribution < -0.4 is 16.2 Å². The van der Waals surface area contributed by atoms with E-state index in [1.165, 1.54) is 89.9 Å². The average molecular weight is 553 g/mol. The Bertz CT molecular complexity index is 946. The molecule has 1 aromatic carbocycles. The summed E-state index contributed by atoms with van der Waals surface area (Å²) < 4.78 is 6.48. The third kappa shape index (κ3) is 6.05. The topological polar surface area (TPSA) is 61.3 Å². The van der Waals surface area contributed by atoms with Gasteiger partial charge in [0.25, 0.3) is 0 Å². The first-order valence-electron chi connectivity index (χ1n) is 17.5. The van der Waals surface area contributed by atoms with Gasteiger partial charge in [-0.05, 0) is 128 Å². The number of nitrogens with two attached hydrogens (primary N) is 2. The van der Waals surface area contributed by atoms with Gasteiger partial charge in [0.05, 0.1) is 11.8 Å². The van der Waals surface area contributed by atoms with Crippen LogP contribution >= 0.6 is 0 Å². The number of hydrogen-bond acceptors (Lipinski definition) is 3. The molecule has 10 unspecified atom stereocenters. The fourth-order valence-corrected chi connectivity index (χ4v) is 10.6. The van der Waals surface area contributed by atoms with E-state index in [0.29, 0.717) is 28.3 Å². The molecule has 0 aromatic heterocycles. The van der Waals surface area contributed by atoms with E-state index in [4.69, 9.17) is 16.2 Å². The molecule has 0 bridgehead atoms. The van der Waals surface area contributed by atoms with Crippen molar-refractivity contribution in [1.82, 2.24) is 0 Å². The van der Waals surface area contributed by atoms with E-state index in [-0.39, 0.29) is 0 Å². The lowest BCUT2D eigenvalue weighted by molar-refractivity contribution is -0.127. The van der Waals surface area contributed by atoms with Crippen LogP contribution in [0, 0.1) is 52.3 Å². The van der Waals surface area contributed by atoms with E-state index >= 15 is 0 Å². The monoisotopic (exact) mass is 553 g/mol. The zero-order chi connectivity index (χ0) is 29.1. The Balaban J connectivity index is 0.00000181. The molecule has 4 N–H and O–H groups in total. The zero-order valence-corrected chi connectivity index (χ0v) is 27.3. The number of rotatable bonds is 9. The van der Waals surface area contributed by atoms with Crippen LogP contribution in [0.1, 0.15) is 138 Å². The molecule has 1 aromatic rings. The molecule has 0 radical (unpaired) electrons. The molecule has 0 amide bonds. The molecule has 5 rings (SSSR count). The minimum Gasteiger partial charge on any atom is -0.488 e. The van der Waals surface area contributed by atoms with E-state index in [9.17, 15) is 0 Å². The van der Waals surface area contributed by atoms with E-state index in [1.54, 1.807) is 0 Å². The Kier molecular flexibility index (Phi) is 10.5. The molecule has 0 aliphatic heterocycles. The van der Waals surface area contributed by atoms with Crippen molar-refractivity contribution in [1.29, 1.82) is 0 Å². The molecule has 4 fully saturated rings. The van der Waals surface area contributed by atoms with Crippen LogP contribution in [0.3, 0.4) is 0 Å². The third-order valence-electron chi connectivity index (χ3n) is 13.1. The van der Waals surface area contributed by atoms with Crippen LogP contribution in [0.2, 0.25) is 0 Å². The van der Waals surface area contributed by atoms with Crippen molar-refractivity contribution in [3.05, 3.63) is 18.2 Å². The Morgan fingerprint density at radius 3 is 2.30 bits per heavy atom. The quantitative estimate of drug-likeness (QED) is 0.299. The van der Waals surface area contributed by atoms with E-state index < -0.39 is 0 Å². The summed E-state index contributed by atoms with van der Waals surface area (Å²) in [6.07, 6.45) is 19.9. The maximum absolute atomic E-state index is 6.48. The molecule has 4 aliphatic rings. The van der Waals surface area contributed by atoms with Gasteiger partial charge in [-0.1, -0.05) is 80.6 Å². The molecular formula is C37H64N2O. The van der Waals surface area contributed by atoms with Gasteiger partial charge in [-0.25, -0.2) is 0 Å². The van der Waals surface area contributed by atoms with Crippen LogP contribution in [0.5, 0.6) is 5.75 Å². The summed E-state index contributed by atoms with van der Waals surface area (Å²) in [5, 5.41) is 0. The Morgan fingerprint density at radius 2 is 1.60 bits per heavy atom. The summed E-state index contributed by atoms with van der Waals surface area (Å²) in [5.74, 6) is 7.28. The molecule has 0 heterocycles. The molecule has 0 spiro atoms. The smallest absolute Gasteiger partial charge is 0.142 e. The van der Waals surface area contributed by atoms with Gasteiger partial charge in [0.1, 0.15) is 5.75 Å². The first kappa shape index (κ1) is 31.6. The zero-order valence-electron chi connectivity index (χ0n) is 27.3. The largest absolute Gasteiger partial charge is 0.488 e. The molecule has 10 atom stereocenters. The fourth-order valence-electron chi connectivity index (χ4n) is 10.6. The lowest BCUT2D eigenvalue weighted by Crippen LogP contribution is -2.54. The summed E-state index contributed by atoms with van der Waals surface area (Å²) in [4.78, 5) is 0. The second-order valence-corrected chi connectivity index (χ2v) is 14.8. The van der Waals surface area contributed by atoms with Crippen molar-refractivity contribution in [2.75, 3.05) is 11.5 Å². The molecule has 3 nitrogen and oxygen atoms in total. The number of benzene rings is 1. The van der Waals surface area contributed by atoms with Gasteiger partial charge in [-0.3, -0.25) is 0 Å². The maximum atomic E-state index is 6.48. The fraction of sp³-hybridized carbons (Fsp3) is 0.838. The Labute approximate surface area is 248 Å². The van der Waals surface area contributed by atoms with Crippen molar-refractivity contribution < 1.29 is 4.74 Å². The third-order valence-corrected chi connectivity index (χ3v) is 13.1. The number of fused-ring (bicyclic) bond motifs is 5. The van der Waals surface area contributed by atoms with Crippen LogP contribution in [-0.4, -0.2) is 6.10 Å². The Morgan fingerprint density at radius 1 is 0.875 bits per heavy atom. The molecule has 4 aliphatic carbocycles. The molecule has 228 valence electrons. The van der Waals surface area contributed by atoms with Crippen LogP contribution in [0.25, 0.3) is 0 Å². The lowest BCUT2D eigenvalue weighted by Gasteiger charge is -2.61. The van der Waals surface area contributed by atoms with Crippen LogP contribution in [0.15, 0.2) is 18.2 Å². The first-order valence-corrected chi connectivity index (χ1v) is 17.5. The van der Waals surface area contributed by atoms with Gasteiger partial charge in [-0.15, -0.1) is 0 Å². The van der Waals surface area contributed by atoms with Crippen molar-refractivity contribution >= 4 is 11.4 Å². The predicted molar refractivity (Wildman–Crippen MR) is 173 cm³/mol. The summed E-state index contributed by atoms with van der Waals surface area (Å²) in [5.41, 5.74) is 14.6. The molecular weight excluding hydrogens is 488 g/mol. The highest BCUT2D eigenvalue weighted by Gasteiger charge is 2.60. The highest BCUT2D eigenvalue weighted by molar-refractivity contribution is 5.60.